The van der Waals surface area contributed by atoms with Gasteiger partial charge in [0, 0.05) is 31.6 Å². The number of benzene rings is 2. The van der Waals surface area contributed by atoms with E-state index < -0.39 is 138 Å². The minimum Gasteiger partial charge on any atom is -0.456 e. The Morgan fingerprint density at radius 2 is 1.57 bits per heavy atom. The van der Waals surface area contributed by atoms with E-state index in [2.05, 4.69) is 5.32 Å². The van der Waals surface area contributed by atoms with Crippen LogP contribution in [0.15, 0.2) is 71.8 Å². The summed E-state index contributed by atoms with van der Waals surface area (Å²) in [6.45, 7) is 8.03. The van der Waals surface area contributed by atoms with Gasteiger partial charge in [0.15, 0.2) is 23.8 Å². The van der Waals surface area contributed by atoms with Crippen molar-refractivity contribution in [1.29, 1.82) is 0 Å². The zero-order chi connectivity index (χ0) is 47.4. The quantitative estimate of drug-likeness (QED) is 0.0893. The number of hydrogen-bond acceptors (Lipinski definition) is 17. The summed E-state index contributed by atoms with van der Waals surface area (Å²) in [7, 11) is 0. The van der Waals surface area contributed by atoms with Gasteiger partial charge in [0.2, 0.25) is 5.91 Å². The molecule has 1 amide bonds. The molecule has 7 rings (SSSR count). The molecule has 2 heterocycles. The number of carbonyl (C=O) groups excluding carboxylic acids is 5. The van der Waals surface area contributed by atoms with Crippen LogP contribution in [0.2, 0.25) is 0 Å². The molecule has 354 valence electrons. The average Bonchev–Trinajstić information content (AvgIpc) is 3.26. The van der Waals surface area contributed by atoms with Gasteiger partial charge in [0.05, 0.1) is 42.3 Å². The Hall–Kier alpha value is -4.63. The van der Waals surface area contributed by atoms with Crippen molar-refractivity contribution in [3.8, 4) is 0 Å². The van der Waals surface area contributed by atoms with E-state index in [1.807, 2.05) is 0 Å². The first kappa shape index (κ1) is 48.3. The lowest BCUT2D eigenvalue weighted by molar-refractivity contribution is -0.366. The van der Waals surface area contributed by atoms with Crippen LogP contribution < -0.4 is 5.32 Å². The van der Waals surface area contributed by atoms with Crippen molar-refractivity contribution in [3.05, 3.63) is 82.9 Å². The third kappa shape index (κ3) is 8.20. The van der Waals surface area contributed by atoms with E-state index >= 15 is 4.79 Å². The first-order valence-corrected chi connectivity index (χ1v) is 21.9. The fourth-order valence-electron chi connectivity index (χ4n) is 10.8. The maximum absolute atomic E-state index is 15.6. The van der Waals surface area contributed by atoms with E-state index in [9.17, 15) is 49.8 Å². The van der Waals surface area contributed by atoms with Crippen LogP contribution in [-0.4, -0.2) is 146 Å². The van der Waals surface area contributed by atoms with Crippen LogP contribution in [0.25, 0.3) is 0 Å². The molecular weight excluding hydrogens is 851 g/mol. The van der Waals surface area contributed by atoms with Crippen LogP contribution in [0.3, 0.4) is 0 Å². The number of carbonyl (C=O) groups is 5. The first-order valence-electron chi connectivity index (χ1n) is 21.9. The number of nitrogens with one attached hydrogen (secondary N) is 1. The summed E-state index contributed by atoms with van der Waals surface area (Å²) >= 11 is 0. The second kappa shape index (κ2) is 18.2. The molecule has 2 saturated carbocycles. The highest BCUT2D eigenvalue weighted by Crippen LogP contribution is 2.65. The van der Waals surface area contributed by atoms with Gasteiger partial charge in [0.1, 0.15) is 48.3 Å². The standard InChI is InChI=1S/C47H59NO17/c1-7-14-31(51)48-33(25-15-10-8-11-16-25)36(54)42(58)62-28-20-47(59)40(64-41(57)26-17-12-9-13-18-26)38-45(6,39(56)35(53)32(23(28)2)44(47,4)5)29(19-30-46(38,22-61-30)65-24(3)49)63-43-37(55)34(52)27(50)21-60-43/h8-13,15-18,27-30,33-38,40,43,50,52-55,59H,7,14,19-22H2,1-6H3,(H,48,51)/t27-,28+,29+,30-,33+,34+,35?,36-,37-,38+,40+,43+,45-,46+,47-/m1/s1. The summed E-state index contributed by atoms with van der Waals surface area (Å²) in [5.74, 6) is -6.06. The number of aliphatic hydroxyl groups is 6. The molecule has 65 heavy (non-hydrogen) atoms. The molecule has 18 nitrogen and oxygen atoms in total. The summed E-state index contributed by atoms with van der Waals surface area (Å²) < 4.78 is 36.6. The predicted molar refractivity (Wildman–Crippen MR) is 224 cm³/mol. The van der Waals surface area contributed by atoms with Crippen molar-refractivity contribution >= 4 is 29.6 Å². The Morgan fingerprint density at radius 1 is 0.923 bits per heavy atom. The third-order valence-corrected chi connectivity index (χ3v) is 14.4. The van der Waals surface area contributed by atoms with Gasteiger partial charge >= 0.3 is 17.9 Å². The van der Waals surface area contributed by atoms with Gasteiger partial charge in [-0.3, -0.25) is 14.4 Å². The number of Topliss-reactive ketones (excluding diaryl/α,β-unsaturated/α-hetero) is 1. The Kier molecular flexibility index (Phi) is 13.5. The van der Waals surface area contributed by atoms with Gasteiger partial charge in [-0.15, -0.1) is 0 Å². The highest BCUT2D eigenvalue weighted by atomic mass is 16.7. The van der Waals surface area contributed by atoms with Gasteiger partial charge in [-0.1, -0.05) is 69.3 Å². The van der Waals surface area contributed by atoms with Crippen molar-refractivity contribution in [2.24, 2.45) is 16.7 Å². The summed E-state index contributed by atoms with van der Waals surface area (Å²) in [4.78, 5) is 70.3. The number of hydrogen-bond donors (Lipinski definition) is 7. The number of ether oxygens (including phenoxy) is 6. The van der Waals surface area contributed by atoms with Crippen LogP contribution in [0.4, 0.5) is 0 Å². The highest BCUT2D eigenvalue weighted by molar-refractivity contribution is 5.94. The van der Waals surface area contributed by atoms with Crippen molar-refractivity contribution in [2.45, 2.75) is 146 Å². The minimum atomic E-state index is -2.44. The second-order valence-electron chi connectivity index (χ2n) is 18.6. The molecule has 18 heteroatoms. The van der Waals surface area contributed by atoms with Gasteiger partial charge < -0.3 is 64.4 Å². The molecular formula is C47H59NO17. The van der Waals surface area contributed by atoms with Gasteiger partial charge in [0.25, 0.3) is 0 Å². The maximum Gasteiger partial charge on any atom is 0.338 e. The molecule has 0 radical (unpaired) electrons. The molecule has 4 fully saturated rings. The van der Waals surface area contributed by atoms with E-state index in [4.69, 9.17) is 28.4 Å². The van der Waals surface area contributed by atoms with Crippen molar-refractivity contribution in [1.82, 2.24) is 5.32 Å². The fourth-order valence-corrected chi connectivity index (χ4v) is 10.8. The Balaban J connectivity index is 1.39. The predicted octanol–water partition coefficient (Wildman–Crippen LogP) is 1.11. The van der Waals surface area contributed by atoms with Crippen LogP contribution in [-0.2, 0) is 47.6 Å². The SMILES string of the molecule is CCCC(=O)N[C@@H](c1ccccc1)[C@@H](O)C(=O)O[C@H]1C[C@@]2(O)[C@@H](OC(=O)c3ccccc3)[C@@H]3[C@]4(OC(C)=O)CO[C@@H]4C[C@H](O[C@@H]4OC[C@@H](O)[C@H](O)[C@H]4O)[C@@]3(C)C(=O)C(O)C(=C1C)C2(C)C. The van der Waals surface area contributed by atoms with E-state index in [1.54, 1.807) is 55.5 Å². The normalized spacial score (nSPS) is 37.1. The summed E-state index contributed by atoms with van der Waals surface area (Å²) in [5.41, 5.74) is -7.70. The minimum absolute atomic E-state index is 0.0350. The molecule has 0 spiro atoms. The number of esters is 3. The molecule has 1 unspecified atom stereocenters. The Morgan fingerprint density at radius 3 is 2.17 bits per heavy atom. The van der Waals surface area contributed by atoms with Crippen LogP contribution in [0.5, 0.6) is 0 Å². The lowest BCUT2D eigenvalue weighted by Gasteiger charge is -2.68. The lowest BCUT2D eigenvalue weighted by Crippen LogP contribution is -2.82. The monoisotopic (exact) mass is 909 g/mol. The number of aliphatic hydroxyl groups excluding tert-OH is 5. The average molecular weight is 910 g/mol. The van der Waals surface area contributed by atoms with E-state index in [0.29, 0.717) is 12.0 Å². The maximum atomic E-state index is 15.6. The van der Waals surface area contributed by atoms with Crippen molar-refractivity contribution in [3.63, 3.8) is 0 Å². The highest BCUT2D eigenvalue weighted by Gasteiger charge is 2.78. The third-order valence-electron chi connectivity index (χ3n) is 14.4. The molecule has 2 saturated heterocycles. The Labute approximate surface area is 375 Å². The van der Waals surface area contributed by atoms with Gasteiger partial charge in [-0.2, -0.15) is 0 Å². The number of amides is 1. The van der Waals surface area contributed by atoms with Crippen LogP contribution in [0, 0.1) is 16.7 Å². The first-order chi connectivity index (χ1) is 30.6. The molecule has 7 N–H and O–H groups in total. The van der Waals surface area contributed by atoms with Crippen molar-refractivity contribution in [2.75, 3.05) is 13.2 Å². The number of ketones is 1. The number of rotatable bonds is 12. The topological polar surface area (TPSA) is 274 Å². The summed E-state index contributed by atoms with van der Waals surface area (Å²) in [6.07, 6.45) is -17.0. The zero-order valence-electron chi connectivity index (χ0n) is 37.1. The summed E-state index contributed by atoms with van der Waals surface area (Å²) in [5, 5.41) is 72.5. The van der Waals surface area contributed by atoms with E-state index in [-0.39, 0.29) is 36.2 Å². The van der Waals surface area contributed by atoms with Crippen LogP contribution >= 0.6 is 0 Å². The molecule has 2 bridgehead atoms. The van der Waals surface area contributed by atoms with Gasteiger partial charge in [-0.25, -0.2) is 9.59 Å². The zero-order valence-corrected chi connectivity index (χ0v) is 37.1. The second-order valence-corrected chi connectivity index (χ2v) is 18.6. The molecule has 5 aliphatic rings. The molecule has 2 aromatic rings. The summed E-state index contributed by atoms with van der Waals surface area (Å²) in [6, 6.07) is 14.7. The fraction of sp³-hybridized carbons (Fsp3) is 0.596. The van der Waals surface area contributed by atoms with Gasteiger partial charge in [-0.05, 0) is 49.1 Å². The van der Waals surface area contributed by atoms with E-state index in [0.717, 1.165) is 6.92 Å². The molecule has 3 aliphatic carbocycles. The molecule has 2 aliphatic heterocycles. The van der Waals surface area contributed by atoms with Crippen LogP contribution in [0.1, 0.15) is 89.2 Å². The smallest absolute Gasteiger partial charge is 0.338 e. The Bertz CT molecular complexity index is 2170. The molecule has 0 aromatic heterocycles. The molecule has 2 aromatic carbocycles. The lowest BCUT2D eigenvalue weighted by atomic mass is 9.44. The van der Waals surface area contributed by atoms with E-state index in [1.165, 1.54) is 39.8 Å². The largest absolute Gasteiger partial charge is 0.456 e. The number of fused-ring (bicyclic) bond motifs is 5. The molecule has 15 atom stereocenters. The van der Waals surface area contributed by atoms with Crippen molar-refractivity contribution < 1.29 is 83.0 Å².